The van der Waals surface area contributed by atoms with E-state index in [1.54, 1.807) is 55.5 Å². The van der Waals surface area contributed by atoms with Crippen molar-refractivity contribution < 1.29 is 42.1 Å². The summed E-state index contributed by atoms with van der Waals surface area (Å²) in [7, 11) is 0. The van der Waals surface area contributed by atoms with Crippen molar-refractivity contribution in [3.63, 3.8) is 0 Å². The number of carbonyl (C=O) groups excluding carboxylic acids is 1. The third-order valence-corrected chi connectivity index (χ3v) is 5.53. The Kier molecular flexibility index (Phi) is 12.5. The van der Waals surface area contributed by atoms with Crippen LogP contribution in [0.15, 0.2) is 48.5 Å². The van der Waals surface area contributed by atoms with Crippen molar-refractivity contribution in [2.75, 3.05) is 26.3 Å². The molecule has 1 unspecified atom stereocenters. The van der Waals surface area contributed by atoms with Crippen LogP contribution < -0.4 is 9.47 Å². The molecule has 0 heterocycles. The number of aliphatic carboxylic acids is 1. The number of carboxylic acids is 1. The van der Waals surface area contributed by atoms with Gasteiger partial charge in [-0.25, -0.2) is 9.59 Å². The highest BCUT2D eigenvalue weighted by atomic mass is 35.5. The van der Waals surface area contributed by atoms with E-state index in [4.69, 9.17) is 25.8 Å². The van der Waals surface area contributed by atoms with Gasteiger partial charge in [0.05, 0.1) is 6.54 Å². The summed E-state index contributed by atoms with van der Waals surface area (Å²) >= 11 is 5.85. The number of hydrogen-bond donors (Lipinski definition) is 1. The normalized spacial score (nSPS) is 12.1. The zero-order chi connectivity index (χ0) is 27.3. The highest BCUT2D eigenvalue weighted by Crippen LogP contribution is 2.23. The maximum absolute atomic E-state index is 12.7. The Hall–Kier alpha value is -2.98. The SMILES string of the molecule is CCOC(Cc1ccc(OCCN(CCCCCC(F)(F)F)C(=O)Oc2ccc(Cl)cc2)cc1)C(=O)O. The van der Waals surface area contributed by atoms with E-state index in [-0.39, 0.29) is 39.1 Å². The lowest BCUT2D eigenvalue weighted by Crippen LogP contribution is -2.37. The molecule has 11 heteroatoms. The van der Waals surface area contributed by atoms with E-state index in [1.807, 2.05) is 0 Å². The number of alkyl halides is 3. The minimum atomic E-state index is -4.20. The summed E-state index contributed by atoms with van der Waals surface area (Å²) in [5, 5.41) is 9.70. The van der Waals surface area contributed by atoms with Gasteiger partial charge in [0.15, 0.2) is 6.10 Å². The van der Waals surface area contributed by atoms with E-state index in [1.165, 1.54) is 4.90 Å². The molecule has 37 heavy (non-hydrogen) atoms. The van der Waals surface area contributed by atoms with E-state index in [0.717, 1.165) is 5.56 Å². The summed E-state index contributed by atoms with van der Waals surface area (Å²) in [5.74, 6) is -0.228. The molecule has 0 spiro atoms. The molecular weight excluding hydrogens is 515 g/mol. The molecular formula is C26H31ClF3NO6. The molecule has 0 saturated carbocycles. The van der Waals surface area contributed by atoms with Crippen molar-refractivity contribution in [1.82, 2.24) is 4.90 Å². The van der Waals surface area contributed by atoms with Crippen LogP contribution in [0.1, 0.15) is 38.2 Å². The summed E-state index contributed by atoms with van der Waals surface area (Å²) in [6.45, 7) is 2.50. The molecule has 1 N–H and O–H groups in total. The Morgan fingerprint density at radius 3 is 2.22 bits per heavy atom. The van der Waals surface area contributed by atoms with Crippen LogP contribution in [0.5, 0.6) is 11.5 Å². The third kappa shape index (κ3) is 12.2. The average Bonchev–Trinajstić information content (AvgIpc) is 2.84. The summed E-state index contributed by atoms with van der Waals surface area (Å²) < 4.78 is 53.5. The standard InChI is InChI=1S/C26H31ClF3NO6/c1-2-35-23(24(32)33)18-19-6-10-21(11-7-19)36-17-16-31(15-5-3-4-14-26(28,29)30)25(34)37-22-12-8-20(27)9-13-22/h6-13,23H,2-5,14-18H2,1H3,(H,32,33). The van der Waals surface area contributed by atoms with Gasteiger partial charge >= 0.3 is 18.2 Å². The van der Waals surface area contributed by atoms with Crippen molar-refractivity contribution in [1.29, 1.82) is 0 Å². The summed E-state index contributed by atoms with van der Waals surface area (Å²) in [6, 6.07) is 13.1. The van der Waals surface area contributed by atoms with Gasteiger partial charge in [-0.2, -0.15) is 13.2 Å². The number of carboxylic acid groups (broad SMARTS) is 1. The number of ether oxygens (including phenoxy) is 3. The molecule has 0 aromatic heterocycles. The van der Waals surface area contributed by atoms with Crippen LogP contribution in [0, 0.1) is 0 Å². The van der Waals surface area contributed by atoms with Crippen LogP contribution in [-0.4, -0.2) is 60.7 Å². The minimum absolute atomic E-state index is 0.0154. The van der Waals surface area contributed by atoms with Gasteiger partial charge in [-0.3, -0.25) is 0 Å². The number of benzene rings is 2. The van der Waals surface area contributed by atoms with Gasteiger partial charge in [0.1, 0.15) is 18.1 Å². The largest absolute Gasteiger partial charge is 0.492 e. The molecule has 0 aliphatic heterocycles. The van der Waals surface area contributed by atoms with Gasteiger partial charge < -0.3 is 24.2 Å². The van der Waals surface area contributed by atoms with Crippen LogP contribution in [0.25, 0.3) is 0 Å². The Labute approximate surface area is 219 Å². The number of hydrogen-bond acceptors (Lipinski definition) is 5. The first kappa shape index (κ1) is 30.2. The van der Waals surface area contributed by atoms with E-state index in [0.29, 0.717) is 29.4 Å². The lowest BCUT2D eigenvalue weighted by atomic mass is 10.1. The Morgan fingerprint density at radius 2 is 1.62 bits per heavy atom. The molecule has 0 fully saturated rings. The van der Waals surface area contributed by atoms with E-state index < -0.39 is 30.8 Å². The van der Waals surface area contributed by atoms with Crippen molar-refractivity contribution in [3.05, 3.63) is 59.1 Å². The Bertz CT molecular complexity index is 970. The molecule has 0 bridgehead atoms. The molecule has 2 aromatic rings. The Balaban J connectivity index is 1.90. The van der Waals surface area contributed by atoms with Crippen LogP contribution in [0.2, 0.25) is 5.02 Å². The minimum Gasteiger partial charge on any atom is -0.492 e. The second-order valence-corrected chi connectivity index (χ2v) is 8.65. The monoisotopic (exact) mass is 545 g/mol. The van der Waals surface area contributed by atoms with E-state index >= 15 is 0 Å². The smallest absolute Gasteiger partial charge is 0.415 e. The first-order chi connectivity index (χ1) is 17.6. The zero-order valence-corrected chi connectivity index (χ0v) is 21.3. The predicted octanol–water partition coefficient (Wildman–Crippen LogP) is 6.37. The van der Waals surface area contributed by atoms with E-state index in [2.05, 4.69) is 0 Å². The van der Waals surface area contributed by atoms with Crippen LogP contribution in [0.4, 0.5) is 18.0 Å². The van der Waals surface area contributed by atoms with Gasteiger partial charge in [-0.1, -0.05) is 30.2 Å². The fraction of sp³-hybridized carbons (Fsp3) is 0.462. The number of carbonyl (C=O) groups is 2. The number of halogens is 4. The third-order valence-electron chi connectivity index (χ3n) is 5.28. The highest BCUT2D eigenvalue weighted by molar-refractivity contribution is 6.30. The van der Waals surface area contributed by atoms with E-state index in [9.17, 15) is 27.9 Å². The molecule has 0 radical (unpaired) electrons. The highest BCUT2D eigenvalue weighted by Gasteiger charge is 2.26. The van der Waals surface area contributed by atoms with Crippen LogP contribution in [0.3, 0.4) is 0 Å². The van der Waals surface area contributed by atoms with Crippen LogP contribution in [-0.2, 0) is 16.0 Å². The van der Waals surface area contributed by atoms with Gasteiger partial charge in [0.25, 0.3) is 0 Å². The lowest BCUT2D eigenvalue weighted by molar-refractivity contribution is -0.150. The molecule has 0 aliphatic rings. The van der Waals surface area contributed by atoms with Gasteiger partial charge in [0, 0.05) is 31.0 Å². The summed E-state index contributed by atoms with van der Waals surface area (Å²) in [6.07, 6.45) is -5.76. The molecule has 2 rings (SSSR count). The molecule has 7 nitrogen and oxygen atoms in total. The van der Waals surface area contributed by atoms with Gasteiger partial charge in [0.2, 0.25) is 0 Å². The van der Waals surface area contributed by atoms with Crippen molar-refractivity contribution in [2.24, 2.45) is 0 Å². The quantitative estimate of drug-likeness (QED) is 0.262. The molecule has 204 valence electrons. The molecule has 0 saturated heterocycles. The van der Waals surface area contributed by atoms with Crippen LogP contribution >= 0.6 is 11.6 Å². The average molecular weight is 546 g/mol. The number of rotatable bonds is 15. The first-order valence-corrected chi connectivity index (χ1v) is 12.3. The first-order valence-electron chi connectivity index (χ1n) is 11.9. The fourth-order valence-electron chi connectivity index (χ4n) is 3.40. The number of amides is 1. The van der Waals surface area contributed by atoms with Crippen molar-refractivity contribution >= 4 is 23.7 Å². The second-order valence-electron chi connectivity index (χ2n) is 8.21. The van der Waals surface area contributed by atoms with Crippen molar-refractivity contribution in [2.45, 2.75) is 51.3 Å². The lowest BCUT2D eigenvalue weighted by Gasteiger charge is -2.22. The topological polar surface area (TPSA) is 85.3 Å². The van der Waals surface area contributed by atoms with Gasteiger partial charge in [-0.05, 0) is 61.7 Å². The molecule has 1 amide bonds. The summed E-state index contributed by atoms with van der Waals surface area (Å²) in [4.78, 5) is 25.3. The Morgan fingerprint density at radius 1 is 0.973 bits per heavy atom. The maximum Gasteiger partial charge on any atom is 0.415 e. The maximum atomic E-state index is 12.7. The zero-order valence-electron chi connectivity index (χ0n) is 20.5. The molecule has 1 atom stereocenters. The predicted molar refractivity (Wildman–Crippen MR) is 132 cm³/mol. The summed E-state index contributed by atoms with van der Waals surface area (Å²) in [5.41, 5.74) is 0.764. The number of unbranched alkanes of at least 4 members (excludes halogenated alkanes) is 2. The number of nitrogens with zero attached hydrogens (tertiary/aromatic N) is 1. The van der Waals surface area contributed by atoms with Gasteiger partial charge in [-0.15, -0.1) is 0 Å². The molecule has 0 aliphatic carbocycles. The molecule has 2 aromatic carbocycles. The van der Waals surface area contributed by atoms with Crippen molar-refractivity contribution in [3.8, 4) is 11.5 Å². The second kappa shape index (κ2) is 15.3. The fourth-order valence-corrected chi connectivity index (χ4v) is 3.52.